The van der Waals surface area contributed by atoms with E-state index in [9.17, 15) is 4.79 Å². The van der Waals surface area contributed by atoms with E-state index in [1.807, 2.05) is 43.3 Å². The van der Waals surface area contributed by atoms with Crippen molar-refractivity contribution in [2.45, 2.75) is 6.92 Å². The minimum absolute atomic E-state index is 0.559. The first kappa shape index (κ1) is 13.0. The smallest absolute Gasteiger partial charge is 0.409 e. The Morgan fingerprint density at radius 2 is 2.00 bits per heavy atom. The Morgan fingerprint density at radius 3 is 2.74 bits per heavy atom. The van der Waals surface area contributed by atoms with Gasteiger partial charge in [0.05, 0.1) is 12.3 Å². The molecule has 2 aromatic rings. The second kappa shape index (κ2) is 5.91. The molecule has 19 heavy (non-hydrogen) atoms. The Labute approximate surface area is 111 Å². The molecule has 0 aliphatic carbocycles. The second-order valence-electron chi connectivity index (χ2n) is 3.94. The van der Waals surface area contributed by atoms with Crippen molar-refractivity contribution in [2.75, 3.05) is 11.9 Å². The number of carboxylic acid groups (broad SMARTS) is 1. The average molecular weight is 257 g/mol. The van der Waals surface area contributed by atoms with Crippen molar-refractivity contribution < 1.29 is 14.6 Å². The van der Waals surface area contributed by atoms with E-state index in [1.54, 1.807) is 12.1 Å². The van der Waals surface area contributed by atoms with Crippen molar-refractivity contribution in [2.24, 2.45) is 0 Å². The van der Waals surface area contributed by atoms with Crippen molar-refractivity contribution in [3.63, 3.8) is 0 Å². The Balaban J connectivity index is 2.40. The summed E-state index contributed by atoms with van der Waals surface area (Å²) in [7, 11) is 0. The van der Waals surface area contributed by atoms with Gasteiger partial charge >= 0.3 is 6.09 Å². The lowest BCUT2D eigenvalue weighted by molar-refractivity contribution is 0.210. The van der Waals surface area contributed by atoms with Crippen LogP contribution in [-0.2, 0) is 0 Å². The van der Waals surface area contributed by atoms with Crippen molar-refractivity contribution in [3.05, 3.63) is 48.5 Å². The van der Waals surface area contributed by atoms with Crippen molar-refractivity contribution >= 4 is 11.8 Å². The molecule has 2 rings (SSSR count). The van der Waals surface area contributed by atoms with E-state index in [4.69, 9.17) is 9.84 Å². The lowest BCUT2D eigenvalue weighted by Crippen LogP contribution is -2.08. The maximum Gasteiger partial charge on any atom is 0.409 e. The summed E-state index contributed by atoms with van der Waals surface area (Å²) >= 11 is 0. The molecule has 0 fully saturated rings. The van der Waals surface area contributed by atoms with Crippen LogP contribution in [0.3, 0.4) is 0 Å². The highest BCUT2D eigenvalue weighted by Gasteiger charge is 2.07. The quantitative estimate of drug-likeness (QED) is 0.874. The lowest BCUT2D eigenvalue weighted by Gasteiger charge is -2.10. The predicted octanol–water partition coefficient (Wildman–Crippen LogP) is 3.84. The molecule has 2 N–H and O–H groups in total. The highest BCUT2D eigenvalue weighted by molar-refractivity contribution is 5.90. The number of hydrogen-bond acceptors (Lipinski definition) is 2. The number of ether oxygens (including phenoxy) is 1. The van der Waals surface area contributed by atoms with Gasteiger partial charge < -0.3 is 9.84 Å². The number of nitrogens with one attached hydrogen (secondary N) is 1. The fourth-order valence-corrected chi connectivity index (χ4v) is 1.88. The summed E-state index contributed by atoms with van der Waals surface area (Å²) in [5, 5.41) is 11.2. The van der Waals surface area contributed by atoms with E-state index in [0.717, 1.165) is 16.9 Å². The fraction of sp³-hybridized carbons (Fsp3) is 0.133. The molecule has 0 spiro atoms. The Bertz CT molecular complexity index is 581. The van der Waals surface area contributed by atoms with Gasteiger partial charge in [0.25, 0.3) is 0 Å². The lowest BCUT2D eigenvalue weighted by atomic mass is 10.0. The first-order chi connectivity index (χ1) is 9.20. The summed E-state index contributed by atoms with van der Waals surface area (Å²) in [6, 6.07) is 14.8. The zero-order chi connectivity index (χ0) is 13.7. The van der Waals surface area contributed by atoms with Gasteiger partial charge in [-0.25, -0.2) is 4.79 Å². The zero-order valence-corrected chi connectivity index (χ0v) is 10.6. The van der Waals surface area contributed by atoms with E-state index < -0.39 is 6.09 Å². The summed E-state index contributed by atoms with van der Waals surface area (Å²) in [5.41, 5.74) is 2.30. The van der Waals surface area contributed by atoms with Crippen LogP contribution in [0.1, 0.15) is 6.92 Å². The number of anilines is 1. The first-order valence-corrected chi connectivity index (χ1v) is 6.03. The van der Waals surface area contributed by atoms with Gasteiger partial charge in [0, 0.05) is 5.56 Å². The second-order valence-corrected chi connectivity index (χ2v) is 3.94. The summed E-state index contributed by atoms with van der Waals surface area (Å²) in [6.45, 7) is 2.52. The van der Waals surface area contributed by atoms with E-state index in [1.165, 1.54) is 0 Å². The molecule has 0 aliphatic heterocycles. The minimum atomic E-state index is -1.08. The molecule has 0 radical (unpaired) electrons. The van der Waals surface area contributed by atoms with E-state index >= 15 is 0 Å². The third-order valence-electron chi connectivity index (χ3n) is 2.62. The average Bonchev–Trinajstić information content (AvgIpc) is 2.39. The molecule has 0 aliphatic rings. The summed E-state index contributed by atoms with van der Waals surface area (Å²) in [6.07, 6.45) is -1.08. The first-order valence-electron chi connectivity index (χ1n) is 6.03. The Hall–Kier alpha value is -2.49. The number of rotatable bonds is 4. The maximum absolute atomic E-state index is 10.8. The van der Waals surface area contributed by atoms with Gasteiger partial charge in [0.1, 0.15) is 5.75 Å². The van der Waals surface area contributed by atoms with E-state index in [2.05, 4.69) is 5.32 Å². The molecular formula is C15H15NO3. The third kappa shape index (κ3) is 3.25. The number of carbonyl (C=O) groups is 1. The van der Waals surface area contributed by atoms with E-state index in [0.29, 0.717) is 12.3 Å². The van der Waals surface area contributed by atoms with Gasteiger partial charge in [-0.15, -0.1) is 0 Å². The summed E-state index contributed by atoms with van der Waals surface area (Å²) in [4.78, 5) is 10.8. The van der Waals surface area contributed by atoms with Crippen LogP contribution < -0.4 is 10.1 Å². The van der Waals surface area contributed by atoms with Gasteiger partial charge in [-0.2, -0.15) is 0 Å². The van der Waals surface area contributed by atoms with Gasteiger partial charge in [-0.05, 0) is 30.7 Å². The molecule has 4 heteroatoms. The number of hydrogen-bond donors (Lipinski definition) is 2. The molecular weight excluding hydrogens is 242 g/mol. The van der Waals surface area contributed by atoms with Crippen LogP contribution in [-0.4, -0.2) is 17.8 Å². The molecule has 0 unspecified atom stereocenters. The van der Waals surface area contributed by atoms with Gasteiger partial charge in [0.15, 0.2) is 0 Å². The number of amides is 1. The normalized spacial score (nSPS) is 9.95. The van der Waals surface area contributed by atoms with Crippen molar-refractivity contribution in [3.8, 4) is 16.9 Å². The summed E-state index contributed by atoms with van der Waals surface area (Å²) in [5.74, 6) is 0.769. The Kier molecular flexibility index (Phi) is 4.03. The maximum atomic E-state index is 10.8. The monoisotopic (exact) mass is 257 g/mol. The topological polar surface area (TPSA) is 58.6 Å². The predicted molar refractivity (Wildman–Crippen MR) is 74.7 cm³/mol. The molecule has 0 heterocycles. The highest BCUT2D eigenvalue weighted by atomic mass is 16.5. The fourth-order valence-electron chi connectivity index (χ4n) is 1.88. The number of benzene rings is 2. The van der Waals surface area contributed by atoms with Crippen LogP contribution in [0.4, 0.5) is 10.5 Å². The van der Waals surface area contributed by atoms with Gasteiger partial charge in [-0.3, -0.25) is 5.32 Å². The van der Waals surface area contributed by atoms with E-state index in [-0.39, 0.29) is 0 Å². The number of para-hydroxylation sites is 1. The van der Waals surface area contributed by atoms with Crippen LogP contribution in [0.15, 0.2) is 48.5 Å². The minimum Gasteiger partial charge on any atom is -0.494 e. The molecule has 4 nitrogen and oxygen atoms in total. The van der Waals surface area contributed by atoms with Crippen molar-refractivity contribution in [1.29, 1.82) is 0 Å². The summed E-state index contributed by atoms with van der Waals surface area (Å²) < 4.78 is 5.45. The van der Waals surface area contributed by atoms with Gasteiger partial charge in [-0.1, -0.05) is 30.3 Å². The zero-order valence-electron chi connectivity index (χ0n) is 10.6. The van der Waals surface area contributed by atoms with Crippen LogP contribution in [0, 0.1) is 0 Å². The largest absolute Gasteiger partial charge is 0.494 e. The van der Waals surface area contributed by atoms with Crippen LogP contribution in [0.2, 0.25) is 0 Å². The molecule has 0 atom stereocenters. The molecule has 1 amide bonds. The molecule has 2 aromatic carbocycles. The highest BCUT2D eigenvalue weighted by Crippen LogP contribution is 2.30. The molecule has 98 valence electrons. The third-order valence-corrected chi connectivity index (χ3v) is 2.62. The van der Waals surface area contributed by atoms with Crippen LogP contribution in [0.25, 0.3) is 11.1 Å². The van der Waals surface area contributed by atoms with Crippen LogP contribution in [0.5, 0.6) is 5.75 Å². The molecule has 0 saturated carbocycles. The van der Waals surface area contributed by atoms with Crippen molar-refractivity contribution in [1.82, 2.24) is 0 Å². The standard InChI is InChI=1S/C15H15NO3/c1-2-19-12-7-5-6-11(10-12)13-8-3-4-9-14(13)16-15(17)18/h3-10,16H,2H2,1H3,(H,17,18). The Morgan fingerprint density at radius 1 is 1.21 bits per heavy atom. The SMILES string of the molecule is CCOc1cccc(-c2ccccc2NC(=O)O)c1. The van der Waals surface area contributed by atoms with Crippen LogP contribution >= 0.6 is 0 Å². The van der Waals surface area contributed by atoms with Gasteiger partial charge in [0.2, 0.25) is 0 Å². The molecule has 0 bridgehead atoms. The molecule has 0 aromatic heterocycles. The molecule has 0 saturated heterocycles.